The highest BCUT2D eigenvalue weighted by molar-refractivity contribution is 6.05. The van der Waals surface area contributed by atoms with E-state index in [0.29, 0.717) is 11.8 Å². The van der Waals surface area contributed by atoms with Gasteiger partial charge in [0.2, 0.25) is 11.8 Å². The van der Waals surface area contributed by atoms with E-state index in [2.05, 4.69) is 5.32 Å². The first-order valence-corrected chi connectivity index (χ1v) is 4.62. The fraction of sp³-hybridized carbons (Fsp3) is 0.778. The Morgan fingerprint density at radius 1 is 1.00 bits per heavy atom. The Morgan fingerprint density at radius 2 is 1.50 bits per heavy atom. The van der Waals surface area contributed by atoms with E-state index in [1.807, 2.05) is 0 Å². The van der Waals surface area contributed by atoms with Gasteiger partial charge in [-0.15, -0.1) is 0 Å². The van der Waals surface area contributed by atoms with Crippen LogP contribution in [0.3, 0.4) is 0 Å². The van der Waals surface area contributed by atoms with E-state index in [0.717, 1.165) is 19.3 Å². The van der Waals surface area contributed by atoms with Crippen LogP contribution in [0.15, 0.2) is 0 Å². The molecule has 2 bridgehead atoms. The van der Waals surface area contributed by atoms with Crippen molar-refractivity contribution in [3.63, 3.8) is 0 Å². The quantitative estimate of drug-likeness (QED) is 0.525. The van der Waals surface area contributed by atoms with Crippen LogP contribution in [0.25, 0.3) is 0 Å². The van der Waals surface area contributed by atoms with Gasteiger partial charge in [-0.2, -0.15) is 0 Å². The van der Waals surface area contributed by atoms with E-state index in [4.69, 9.17) is 0 Å². The van der Waals surface area contributed by atoms with Gasteiger partial charge in [-0.25, -0.2) is 0 Å². The van der Waals surface area contributed by atoms with E-state index in [1.54, 1.807) is 0 Å². The van der Waals surface area contributed by atoms with Gasteiger partial charge in [0.15, 0.2) is 0 Å². The molecule has 3 heteroatoms. The summed E-state index contributed by atoms with van der Waals surface area (Å²) >= 11 is 0. The van der Waals surface area contributed by atoms with Crippen molar-refractivity contribution in [2.45, 2.75) is 19.3 Å². The number of amides is 2. The lowest BCUT2D eigenvalue weighted by Gasteiger charge is -2.19. The summed E-state index contributed by atoms with van der Waals surface area (Å²) < 4.78 is 0. The number of hydrogen-bond acceptors (Lipinski definition) is 2. The van der Waals surface area contributed by atoms with Gasteiger partial charge < -0.3 is 0 Å². The predicted molar refractivity (Wildman–Crippen MR) is 41.0 cm³/mol. The summed E-state index contributed by atoms with van der Waals surface area (Å²) in [5.74, 6) is 1.14. The average Bonchev–Trinajstić information content (AvgIpc) is 2.64. The van der Waals surface area contributed by atoms with Crippen molar-refractivity contribution < 1.29 is 9.59 Å². The molecule has 1 heterocycles. The van der Waals surface area contributed by atoms with Crippen molar-refractivity contribution in [2.24, 2.45) is 23.7 Å². The van der Waals surface area contributed by atoms with Gasteiger partial charge in [-0.1, -0.05) is 0 Å². The van der Waals surface area contributed by atoms with Crippen molar-refractivity contribution in [3.8, 4) is 0 Å². The van der Waals surface area contributed by atoms with E-state index in [-0.39, 0.29) is 23.7 Å². The number of nitrogens with one attached hydrogen (secondary N) is 1. The third-order valence-electron chi connectivity index (χ3n) is 3.77. The maximum atomic E-state index is 11.3. The van der Waals surface area contributed by atoms with Crippen LogP contribution in [0, 0.1) is 23.7 Å². The molecule has 64 valence electrons. The number of hydrogen-bond donors (Lipinski definition) is 1. The van der Waals surface area contributed by atoms with Gasteiger partial charge in [0.25, 0.3) is 0 Å². The first-order chi connectivity index (χ1) is 5.77. The van der Waals surface area contributed by atoms with E-state index >= 15 is 0 Å². The van der Waals surface area contributed by atoms with Crippen molar-refractivity contribution in [1.29, 1.82) is 0 Å². The molecule has 0 spiro atoms. The Morgan fingerprint density at radius 3 is 2.00 bits per heavy atom. The molecule has 3 nitrogen and oxygen atoms in total. The highest BCUT2D eigenvalue weighted by Crippen LogP contribution is 2.54. The van der Waals surface area contributed by atoms with E-state index < -0.39 is 0 Å². The second-order valence-corrected chi connectivity index (χ2v) is 4.24. The topological polar surface area (TPSA) is 46.2 Å². The SMILES string of the molecule is O=C1NC(=O)[C@@H]2[C@H]3CC[C@H](C3)[C@@H]12. The molecule has 3 aliphatic rings. The lowest BCUT2D eigenvalue weighted by molar-refractivity contribution is -0.126. The summed E-state index contributed by atoms with van der Waals surface area (Å²) in [4.78, 5) is 22.6. The van der Waals surface area contributed by atoms with Gasteiger partial charge in [-0.05, 0) is 31.1 Å². The van der Waals surface area contributed by atoms with Crippen LogP contribution in [0.2, 0.25) is 0 Å². The summed E-state index contributed by atoms with van der Waals surface area (Å²) in [6.07, 6.45) is 3.44. The number of rotatable bonds is 0. The molecule has 4 atom stereocenters. The fourth-order valence-electron chi connectivity index (χ4n) is 3.33. The molecule has 3 rings (SSSR count). The summed E-state index contributed by atoms with van der Waals surface area (Å²) in [6, 6.07) is 0. The van der Waals surface area contributed by atoms with E-state index in [1.165, 1.54) is 0 Å². The third-order valence-corrected chi connectivity index (χ3v) is 3.77. The standard InChI is InChI=1S/C9H11NO2/c11-8-6-4-1-2-5(3-4)7(6)9(12)10-8/h4-7H,1-3H2,(H,10,11,12)/t4-,5+,6-,7-/m1/s1. The molecule has 2 saturated carbocycles. The van der Waals surface area contributed by atoms with Crippen LogP contribution < -0.4 is 5.32 Å². The first kappa shape index (κ1) is 6.63. The van der Waals surface area contributed by atoms with E-state index in [9.17, 15) is 9.59 Å². The minimum absolute atomic E-state index is 0.00259. The molecule has 0 radical (unpaired) electrons. The van der Waals surface area contributed by atoms with Crippen molar-refractivity contribution in [3.05, 3.63) is 0 Å². The molecule has 12 heavy (non-hydrogen) atoms. The van der Waals surface area contributed by atoms with Crippen LogP contribution >= 0.6 is 0 Å². The minimum Gasteiger partial charge on any atom is -0.296 e. The van der Waals surface area contributed by atoms with Crippen molar-refractivity contribution in [2.75, 3.05) is 0 Å². The molecule has 1 aliphatic heterocycles. The number of carbonyl (C=O) groups is 2. The largest absolute Gasteiger partial charge is 0.296 e. The van der Waals surface area contributed by atoms with Crippen LogP contribution in [0.4, 0.5) is 0 Å². The summed E-state index contributed by atoms with van der Waals surface area (Å²) in [5, 5.41) is 2.44. The molecular weight excluding hydrogens is 154 g/mol. The highest BCUT2D eigenvalue weighted by atomic mass is 16.2. The van der Waals surface area contributed by atoms with Gasteiger partial charge >= 0.3 is 0 Å². The van der Waals surface area contributed by atoms with Gasteiger partial charge in [0, 0.05) is 0 Å². The molecule has 0 aromatic carbocycles. The van der Waals surface area contributed by atoms with Crippen LogP contribution in [0.5, 0.6) is 0 Å². The molecule has 2 aliphatic carbocycles. The average molecular weight is 165 g/mol. The summed E-state index contributed by atoms with van der Waals surface area (Å²) in [5.41, 5.74) is 0. The third kappa shape index (κ3) is 0.586. The van der Waals surface area contributed by atoms with Crippen LogP contribution in [0.1, 0.15) is 19.3 Å². The molecule has 0 unspecified atom stereocenters. The predicted octanol–water partition coefficient (Wildman–Crippen LogP) is 0.305. The second-order valence-electron chi connectivity index (χ2n) is 4.24. The monoisotopic (exact) mass is 165 g/mol. The zero-order chi connectivity index (χ0) is 8.29. The first-order valence-electron chi connectivity index (χ1n) is 4.62. The molecule has 1 saturated heterocycles. The molecule has 0 aromatic rings. The number of imide groups is 1. The zero-order valence-corrected chi connectivity index (χ0v) is 6.75. The molecule has 0 aromatic heterocycles. The zero-order valence-electron chi connectivity index (χ0n) is 6.75. The minimum atomic E-state index is -0.00259. The normalized spacial score (nSPS) is 49.7. The van der Waals surface area contributed by atoms with Crippen LogP contribution in [-0.4, -0.2) is 11.8 Å². The Bertz CT molecular complexity index is 248. The maximum Gasteiger partial charge on any atom is 0.230 e. The fourth-order valence-corrected chi connectivity index (χ4v) is 3.33. The van der Waals surface area contributed by atoms with Gasteiger partial charge in [-0.3, -0.25) is 14.9 Å². The highest BCUT2D eigenvalue weighted by Gasteiger charge is 2.57. The van der Waals surface area contributed by atoms with Gasteiger partial charge in [0.1, 0.15) is 0 Å². The summed E-state index contributed by atoms with van der Waals surface area (Å²) in [6.45, 7) is 0. The maximum absolute atomic E-state index is 11.3. The second kappa shape index (κ2) is 1.90. The molecule has 2 amide bonds. The smallest absolute Gasteiger partial charge is 0.230 e. The van der Waals surface area contributed by atoms with Crippen molar-refractivity contribution >= 4 is 11.8 Å². The Balaban J connectivity index is 2.03. The Labute approximate surface area is 70.5 Å². The van der Waals surface area contributed by atoms with Crippen molar-refractivity contribution in [1.82, 2.24) is 5.32 Å². The lowest BCUT2D eigenvalue weighted by Crippen LogP contribution is -2.24. The molecular formula is C9H11NO2. The molecule has 1 N–H and O–H groups in total. The lowest BCUT2D eigenvalue weighted by atomic mass is 9.81. The molecule has 3 fully saturated rings. The Hall–Kier alpha value is -0.860. The number of fused-ring (bicyclic) bond motifs is 5. The van der Waals surface area contributed by atoms with Crippen LogP contribution in [-0.2, 0) is 9.59 Å². The Kier molecular flexibility index (Phi) is 1.05. The summed E-state index contributed by atoms with van der Waals surface area (Å²) in [7, 11) is 0. The number of carbonyl (C=O) groups excluding carboxylic acids is 2. The van der Waals surface area contributed by atoms with Gasteiger partial charge in [0.05, 0.1) is 11.8 Å².